The van der Waals surface area contributed by atoms with Crippen LogP contribution in [-0.2, 0) is 0 Å². The number of rotatable bonds is 2. The van der Waals surface area contributed by atoms with Gasteiger partial charge in [-0.3, -0.25) is 4.79 Å². The van der Waals surface area contributed by atoms with Gasteiger partial charge in [0.2, 0.25) is 0 Å². The van der Waals surface area contributed by atoms with E-state index in [9.17, 15) is 9.90 Å². The summed E-state index contributed by atoms with van der Waals surface area (Å²) >= 11 is 0. The van der Waals surface area contributed by atoms with E-state index < -0.39 is 6.10 Å². The lowest BCUT2D eigenvalue weighted by molar-refractivity contribution is 0.0475. The molecule has 1 aliphatic rings. The van der Waals surface area contributed by atoms with Gasteiger partial charge in [0.05, 0.1) is 22.9 Å². The number of pyridine rings is 1. The molecule has 126 valence electrons. The Labute approximate surface area is 146 Å². The number of likely N-dealkylation sites (tertiary alicyclic amines) is 1. The molecule has 1 unspecified atom stereocenters. The number of amides is 1. The molecule has 1 aromatic heterocycles. The van der Waals surface area contributed by atoms with Gasteiger partial charge in [-0.15, -0.1) is 0 Å². The standard InChI is InChI=1S/C21H20N2O2/c24-16-9-6-12-23(14-16)21(25)18-13-20(15-7-2-1-3-8-15)22-19-11-5-4-10-17(18)19/h1-5,7-8,10-11,13,16,24H,6,9,12,14H2. The van der Waals surface area contributed by atoms with Gasteiger partial charge < -0.3 is 10.0 Å². The number of aliphatic hydroxyl groups is 1. The zero-order valence-corrected chi connectivity index (χ0v) is 13.9. The van der Waals surface area contributed by atoms with Crippen molar-refractivity contribution in [1.29, 1.82) is 0 Å². The summed E-state index contributed by atoms with van der Waals surface area (Å²) in [6.45, 7) is 1.09. The summed E-state index contributed by atoms with van der Waals surface area (Å²) in [5.74, 6) is -0.0328. The van der Waals surface area contributed by atoms with Crippen molar-refractivity contribution in [2.75, 3.05) is 13.1 Å². The van der Waals surface area contributed by atoms with E-state index in [1.807, 2.05) is 60.7 Å². The monoisotopic (exact) mass is 332 g/mol. The van der Waals surface area contributed by atoms with Crippen LogP contribution in [0.1, 0.15) is 23.2 Å². The molecular weight excluding hydrogens is 312 g/mol. The molecule has 4 rings (SSSR count). The van der Waals surface area contributed by atoms with Crippen molar-refractivity contribution in [3.63, 3.8) is 0 Å². The van der Waals surface area contributed by atoms with Gasteiger partial charge in [-0.25, -0.2) is 4.98 Å². The van der Waals surface area contributed by atoms with Gasteiger partial charge in [0, 0.05) is 24.0 Å². The van der Waals surface area contributed by atoms with Crippen LogP contribution in [-0.4, -0.2) is 40.1 Å². The molecule has 1 saturated heterocycles. The molecule has 2 aromatic carbocycles. The van der Waals surface area contributed by atoms with Crippen LogP contribution >= 0.6 is 0 Å². The highest BCUT2D eigenvalue weighted by Gasteiger charge is 2.25. The van der Waals surface area contributed by atoms with Crippen molar-refractivity contribution in [3.05, 3.63) is 66.2 Å². The molecule has 4 heteroatoms. The lowest BCUT2D eigenvalue weighted by atomic mass is 10.0. The van der Waals surface area contributed by atoms with E-state index in [1.54, 1.807) is 4.90 Å². The Bertz CT molecular complexity index is 908. The first-order valence-electron chi connectivity index (χ1n) is 8.65. The summed E-state index contributed by atoms with van der Waals surface area (Å²) in [5.41, 5.74) is 3.24. The number of hydrogen-bond acceptors (Lipinski definition) is 3. The molecule has 1 atom stereocenters. The Morgan fingerprint density at radius 2 is 1.84 bits per heavy atom. The third kappa shape index (κ3) is 3.13. The first kappa shape index (κ1) is 15.8. The van der Waals surface area contributed by atoms with Gasteiger partial charge in [0.25, 0.3) is 5.91 Å². The maximum atomic E-state index is 13.1. The first-order chi connectivity index (χ1) is 12.2. The fourth-order valence-electron chi connectivity index (χ4n) is 3.42. The van der Waals surface area contributed by atoms with E-state index >= 15 is 0 Å². The zero-order valence-electron chi connectivity index (χ0n) is 13.9. The van der Waals surface area contributed by atoms with Gasteiger partial charge in [-0.1, -0.05) is 48.5 Å². The number of para-hydroxylation sites is 1. The van der Waals surface area contributed by atoms with E-state index in [4.69, 9.17) is 4.98 Å². The average molecular weight is 332 g/mol. The predicted octanol–water partition coefficient (Wildman–Crippen LogP) is 3.50. The first-order valence-corrected chi connectivity index (χ1v) is 8.65. The quantitative estimate of drug-likeness (QED) is 0.781. The van der Waals surface area contributed by atoms with Crippen LogP contribution in [0.4, 0.5) is 0 Å². The van der Waals surface area contributed by atoms with E-state index in [2.05, 4.69) is 0 Å². The number of fused-ring (bicyclic) bond motifs is 1. The third-order valence-electron chi connectivity index (χ3n) is 4.70. The van der Waals surface area contributed by atoms with Crippen molar-refractivity contribution >= 4 is 16.8 Å². The Hall–Kier alpha value is -2.72. The Morgan fingerprint density at radius 1 is 1.08 bits per heavy atom. The number of benzene rings is 2. The van der Waals surface area contributed by atoms with Gasteiger partial charge in [-0.2, -0.15) is 0 Å². The van der Waals surface area contributed by atoms with Gasteiger partial charge in [-0.05, 0) is 25.0 Å². The van der Waals surface area contributed by atoms with Crippen LogP contribution in [0.2, 0.25) is 0 Å². The molecule has 0 saturated carbocycles. The maximum Gasteiger partial charge on any atom is 0.254 e. The number of aliphatic hydroxyl groups excluding tert-OH is 1. The molecule has 3 aromatic rings. The predicted molar refractivity (Wildman–Crippen MR) is 98.3 cm³/mol. The van der Waals surface area contributed by atoms with E-state index in [0.29, 0.717) is 18.7 Å². The van der Waals surface area contributed by atoms with Crippen LogP contribution in [0.5, 0.6) is 0 Å². The van der Waals surface area contributed by atoms with Crippen molar-refractivity contribution < 1.29 is 9.90 Å². The number of piperidine rings is 1. The second-order valence-electron chi connectivity index (χ2n) is 6.49. The van der Waals surface area contributed by atoms with Crippen molar-refractivity contribution in [2.24, 2.45) is 0 Å². The van der Waals surface area contributed by atoms with Gasteiger partial charge >= 0.3 is 0 Å². The van der Waals surface area contributed by atoms with E-state index in [1.165, 1.54) is 0 Å². The molecule has 0 bridgehead atoms. The summed E-state index contributed by atoms with van der Waals surface area (Å²) in [6, 6.07) is 19.5. The number of hydrogen-bond donors (Lipinski definition) is 1. The summed E-state index contributed by atoms with van der Waals surface area (Å²) in [5, 5.41) is 10.8. The summed E-state index contributed by atoms with van der Waals surface area (Å²) in [4.78, 5) is 19.6. The third-order valence-corrected chi connectivity index (χ3v) is 4.70. The summed E-state index contributed by atoms with van der Waals surface area (Å²) < 4.78 is 0. The van der Waals surface area contributed by atoms with Crippen LogP contribution in [0.15, 0.2) is 60.7 Å². The van der Waals surface area contributed by atoms with Gasteiger partial charge in [0.15, 0.2) is 0 Å². The molecular formula is C21H20N2O2. The molecule has 0 spiro atoms. The molecule has 4 nitrogen and oxygen atoms in total. The average Bonchev–Trinajstić information content (AvgIpc) is 2.67. The Balaban J connectivity index is 1.82. The number of carbonyl (C=O) groups is 1. The number of β-amino-alcohol motifs (C(OH)–C–C–N with tert-alkyl or cyclic N) is 1. The van der Waals surface area contributed by atoms with Crippen LogP contribution in [0, 0.1) is 0 Å². The van der Waals surface area contributed by atoms with E-state index in [-0.39, 0.29) is 5.91 Å². The number of nitrogens with zero attached hydrogens (tertiary/aromatic N) is 2. The molecule has 1 N–H and O–H groups in total. The lowest BCUT2D eigenvalue weighted by Gasteiger charge is -2.30. The highest BCUT2D eigenvalue weighted by atomic mass is 16.3. The number of aromatic nitrogens is 1. The van der Waals surface area contributed by atoms with E-state index in [0.717, 1.165) is 35.0 Å². The fourth-order valence-corrected chi connectivity index (χ4v) is 3.42. The van der Waals surface area contributed by atoms with Gasteiger partial charge in [0.1, 0.15) is 0 Å². The van der Waals surface area contributed by atoms with Crippen molar-refractivity contribution in [1.82, 2.24) is 9.88 Å². The van der Waals surface area contributed by atoms with Crippen molar-refractivity contribution in [3.8, 4) is 11.3 Å². The number of carbonyl (C=O) groups excluding carboxylic acids is 1. The molecule has 0 aliphatic carbocycles. The Morgan fingerprint density at radius 3 is 2.64 bits per heavy atom. The SMILES string of the molecule is O=C(c1cc(-c2ccccc2)nc2ccccc12)N1CCCC(O)C1. The second-order valence-corrected chi connectivity index (χ2v) is 6.49. The molecule has 1 aliphatic heterocycles. The van der Waals surface area contributed by atoms with Crippen LogP contribution in [0.25, 0.3) is 22.2 Å². The topological polar surface area (TPSA) is 53.4 Å². The molecule has 1 fully saturated rings. The summed E-state index contributed by atoms with van der Waals surface area (Å²) in [7, 11) is 0. The minimum absolute atomic E-state index is 0.0328. The van der Waals surface area contributed by atoms with Crippen molar-refractivity contribution in [2.45, 2.75) is 18.9 Å². The highest BCUT2D eigenvalue weighted by Crippen LogP contribution is 2.26. The molecule has 2 heterocycles. The minimum atomic E-state index is -0.431. The molecule has 0 radical (unpaired) electrons. The van der Waals surface area contributed by atoms with Crippen LogP contribution in [0.3, 0.4) is 0 Å². The largest absolute Gasteiger partial charge is 0.391 e. The van der Waals surface area contributed by atoms with Crippen LogP contribution < -0.4 is 0 Å². The fraction of sp³-hybridized carbons (Fsp3) is 0.238. The summed E-state index contributed by atoms with van der Waals surface area (Å²) in [6.07, 6.45) is 1.16. The lowest BCUT2D eigenvalue weighted by Crippen LogP contribution is -2.42. The highest BCUT2D eigenvalue weighted by molar-refractivity contribution is 6.07. The normalized spacial score (nSPS) is 17.6. The Kier molecular flexibility index (Phi) is 4.20. The maximum absolute atomic E-state index is 13.1. The molecule has 1 amide bonds. The molecule has 25 heavy (non-hydrogen) atoms. The zero-order chi connectivity index (χ0) is 17.2. The minimum Gasteiger partial charge on any atom is -0.391 e. The second kappa shape index (κ2) is 6.65. The smallest absolute Gasteiger partial charge is 0.254 e.